The van der Waals surface area contributed by atoms with Gasteiger partial charge in [0.2, 0.25) is 0 Å². The van der Waals surface area contributed by atoms with E-state index < -0.39 is 5.60 Å². The van der Waals surface area contributed by atoms with Crippen molar-refractivity contribution in [1.29, 1.82) is 0 Å². The van der Waals surface area contributed by atoms with E-state index in [1.54, 1.807) is 12.0 Å². The summed E-state index contributed by atoms with van der Waals surface area (Å²) in [6.45, 7) is 11.2. The van der Waals surface area contributed by atoms with Gasteiger partial charge in [0, 0.05) is 25.9 Å². The summed E-state index contributed by atoms with van der Waals surface area (Å²) in [6, 6.07) is 6.00. The first-order chi connectivity index (χ1) is 12.1. The molecule has 0 aromatic heterocycles. The Morgan fingerprint density at radius 2 is 1.92 bits per heavy atom. The van der Waals surface area contributed by atoms with Gasteiger partial charge in [0.15, 0.2) is 5.96 Å². The Morgan fingerprint density at radius 1 is 1.23 bits per heavy atom. The molecule has 0 aliphatic heterocycles. The zero-order valence-corrected chi connectivity index (χ0v) is 16.8. The predicted molar refractivity (Wildman–Crippen MR) is 106 cm³/mol. The summed E-state index contributed by atoms with van der Waals surface area (Å²) in [6.07, 6.45) is -0.384. The Labute approximate surface area is 156 Å². The zero-order valence-electron chi connectivity index (χ0n) is 16.8. The molecule has 3 N–H and O–H groups in total. The van der Waals surface area contributed by atoms with Gasteiger partial charge in [-0.1, -0.05) is 6.07 Å². The number of aliphatic imine (C=N–C) groups is 1. The molecule has 0 radical (unpaired) electrons. The van der Waals surface area contributed by atoms with Gasteiger partial charge in [-0.2, -0.15) is 0 Å². The molecule has 0 unspecified atom stereocenters. The van der Waals surface area contributed by atoms with Crippen molar-refractivity contribution in [1.82, 2.24) is 4.90 Å². The lowest BCUT2D eigenvalue weighted by Gasteiger charge is -2.26. The number of nitrogens with zero attached hydrogens (tertiary/aromatic N) is 2. The maximum Gasteiger partial charge on any atom is 0.410 e. The minimum atomic E-state index is -0.546. The molecular formula is C19H32N4O3. The topological polar surface area (TPSA) is 89.2 Å². The average molecular weight is 364 g/mol. The summed E-state index contributed by atoms with van der Waals surface area (Å²) in [7, 11) is 1.59. The quantitative estimate of drug-likeness (QED) is 0.573. The maximum absolute atomic E-state index is 12.3. The van der Waals surface area contributed by atoms with E-state index in [4.69, 9.17) is 15.2 Å². The van der Waals surface area contributed by atoms with Crippen molar-refractivity contribution in [3.8, 4) is 0 Å². The molecule has 0 spiro atoms. The van der Waals surface area contributed by atoms with Crippen LogP contribution in [0.2, 0.25) is 0 Å². The van der Waals surface area contributed by atoms with Crippen molar-refractivity contribution in [2.24, 2.45) is 10.7 Å². The minimum Gasteiger partial charge on any atom is -0.444 e. The van der Waals surface area contributed by atoms with Crippen LogP contribution in [-0.4, -0.2) is 55.9 Å². The monoisotopic (exact) mass is 364 g/mol. The van der Waals surface area contributed by atoms with E-state index in [1.165, 1.54) is 11.1 Å². The SMILES string of the molecule is COCCN(CCN=C(N)Nc1ccc(C)c(C)c1)C(=O)OC(C)(C)C. The Balaban J connectivity index is 2.61. The highest BCUT2D eigenvalue weighted by atomic mass is 16.6. The second kappa shape index (κ2) is 10.0. The second-order valence-electron chi connectivity index (χ2n) is 7.15. The van der Waals surface area contributed by atoms with Gasteiger partial charge in [-0.05, 0) is 57.9 Å². The van der Waals surface area contributed by atoms with Crippen LogP contribution >= 0.6 is 0 Å². The van der Waals surface area contributed by atoms with Crippen molar-refractivity contribution in [2.45, 2.75) is 40.2 Å². The first-order valence-corrected chi connectivity index (χ1v) is 8.73. The summed E-state index contributed by atoms with van der Waals surface area (Å²) < 4.78 is 10.5. The number of nitrogens with two attached hydrogens (primary N) is 1. The number of rotatable bonds is 7. The molecule has 1 rings (SSSR count). The van der Waals surface area contributed by atoms with Gasteiger partial charge >= 0.3 is 6.09 Å². The smallest absolute Gasteiger partial charge is 0.410 e. The van der Waals surface area contributed by atoms with Crippen molar-refractivity contribution in [3.05, 3.63) is 29.3 Å². The molecule has 0 aliphatic carbocycles. The first-order valence-electron chi connectivity index (χ1n) is 8.73. The molecule has 7 heteroatoms. The van der Waals surface area contributed by atoms with E-state index in [-0.39, 0.29) is 6.09 Å². The number of carbonyl (C=O) groups excluding carboxylic acids is 1. The summed E-state index contributed by atoms with van der Waals surface area (Å²) in [5.74, 6) is 0.309. The predicted octanol–water partition coefficient (Wildman–Crippen LogP) is 2.91. The highest BCUT2D eigenvalue weighted by Crippen LogP contribution is 2.14. The van der Waals surface area contributed by atoms with Crippen LogP contribution in [-0.2, 0) is 9.47 Å². The second-order valence-corrected chi connectivity index (χ2v) is 7.15. The number of ether oxygens (including phenoxy) is 2. The van der Waals surface area contributed by atoms with Gasteiger partial charge in [0.05, 0.1) is 13.2 Å². The van der Waals surface area contributed by atoms with E-state index in [0.29, 0.717) is 32.2 Å². The molecule has 0 fully saturated rings. The molecule has 1 amide bonds. The molecule has 1 aromatic rings. The lowest BCUT2D eigenvalue weighted by atomic mass is 10.1. The van der Waals surface area contributed by atoms with Gasteiger partial charge in [0.25, 0.3) is 0 Å². The molecule has 7 nitrogen and oxygen atoms in total. The van der Waals surface area contributed by atoms with Crippen molar-refractivity contribution in [2.75, 3.05) is 38.7 Å². The number of methoxy groups -OCH3 is 1. The summed E-state index contributed by atoms with van der Waals surface area (Å²) in [5, 5.41) is 3.06. The van der Waals surface area contributed by atoms with Crippen molar-refractivity contribution >= 4 is 17.7 Å². The number of guanidine groups is 1. The normalized spacial score (nSPS) is 12.0. The fraction of sp³-hybridized carbons (Fsp3) is 0.579. The van der Waals surface area contributed by atoms with Gasteiger partial charge < -0.3 is 25.4 Å². The highest BCUT2D eigenvalue weighted by Gasteiger charge is 2.21. The van der Waals surface area contributed by atoms with Crippen LogP contribution in [0, 0.1) is 13.8 Å². The lowest BCUT2D eigenvalue weighted by molar-refractivity contribution is 0.0208. The number of anilines is 1. The average Bonchev–Trinajstić information content (AvgIpc) is 2.52. The van der Waals surface area contributed by atoms with Gasteiger partial charge in [-0.3, -0.25) is 4.99 Å². The minimum absolute atomic E-state index is 0.309. The zero-order chi connectivity index (χ0) is 19.7. The fourth-order valence-corrected chi connectivity index (χ4v) is 2.12. The molecule has 146 valence electrons. The Kier molecular flexibility index (Phi) is 8.38. The van der Waals surface area contributed by atoms with E-state index in [9.17, 15) is 4.79 Å². The maximum atomic E-state index is 12.3. The molecule has 1 aromatic carbocycles. The van der Waals surface area contributed by atoms with Crippen LogP contribution in [0.15, 0.2) is 23.2 Å². The van der Waals surface area contributed by atoms with Gasteiger partial charge in [-0.15, -0.1) is 0 Å². The number of carbonyl (C=O) groups is 1. The van der Waals surface area contributed by atoms with E-state index in [2.05, 4.69) is 17.2 Å². The Bertz CT molecular complexity index is 624. The fourth-order valence-electron chi connectivity index (χ4n) is 2.12. The van der Waals surface area contributed by atoms with Crippen LogP contribution in [0.4, 0.5) is 10.5 Å². The largest absolute Gasteiger partial charge is 0.444 e. The van der Waals surface area contributed by atoms with Crippen LogP contribution in [0.1, 0.15) is 31.9 Å². The Hall–Kier alpha value is -2.28. The molecule has 0 saturated carbocycles. The van der Waals surface area contributed by atoms with Crippen LogP contribution in [0.3, 0.4) is 0 Å². The third-order valence-corrected chi connectivity index (χ3v) is 3.65. The molecule has 0 atom stereocenters. The van der Waals surface area contributed by atoms with Gasteiger partial charge in [0.1, 0.15) is 5.60 Å². The third-order valence-electron chi connectivity index (χ3n) is 3.65. The molecule has 0 saturated heterocycles. The number of amides is 1. The number of aryl methyl sites for hydroxylation is 2. The summed E-state index contributed by atoms with van der Waals surface area (Å²) in [5.41, 5.74) is 8.68. The molecule has 0 heterocycles. The number of hydrogen-bond donors (Lipinski definition) is 2. The van der Waals surface area contributed by atoms with Crippen LogP contribution in [0.5, 0.6) is 0 Å². The molecule has 26 heavy (non-hydrogen) atoms. The highest BCUT2D eigenvalue weighted by molar-refractivity contribution is 5.92. The molecule has 0 bridgehead atoms. The Morgan fingerprint density at radius 3 is 2.50 bits per heavy atom. The lowest BCUT2D eigenvalue weighted by Crippen LogP contribution is -2.40. The van der Waals surface area contributed by atoms with Gasteiger partial charge in [-0.25, -0.2) is 4.79 Å². The number of nitrogens with one attached hydrogen (secondary N) is 1. The summed E-state index contributed by atoms with van der Waals surface area (Å²) in [4.78, 5) is 18.1. The molecular weight excluding hydrogens is 332 g/mol. The van der Waals surface area contributed by atoms with Crippen LogP contribution < -0.4 is 11.1 Å². The van der Waals surface area contributed by atoms with Crippen molar-refractivity contribution < 1.29 is 14.3 Å². The first kappa shape index (κ1) is 21.8. The third kappa shape index (κ3) is 8.20. The van der Waals surface area contributed by atoms with Crippen molar-refractivity contribution in [3.63, 3.8) is 0 Å². The van der Waals surface area contributed by atoms with E-state index in [1.807, 2.05) is 45.9 Å². The number of hydrogen-bond acceptors (Lipinski definition) is 4. The van der Waals surface area contributed by atoms with E-state index >= 15 is 0 Å². The van der Waals surface area contributed by atoms with E-state index in [0.717, 1.165) is 5.69 Å². The van der Waals surface area contributed by atoms with Crippen LogP contribution in [0.25, 0.3) is 0 Å². The molecule has 0 aliphatic rings. The standard InChI is InChI=1S/C19H32N4O3/c1-14-7-8-16(13-15(14)2)22-17(20)21-9-10-23(11-12-25-6)18(24)26-19(3,4)5/h7-8,13H,9-12H2,1-6H3,(H3,20,21,22). The number of benzene rings is 1. The summed E-state index contributed by atoms with van der Waals surface area (Å²) >= 11 is 0.